The lowest BCUT2D eigenvalue weighted by Gasteiger charge is -2.32. The number of nitrogens with zero attached hydrogens (tertiary/aromatic N) is 4. The van der Waals surface area contributed by atoms with Crippen molar-refractivity contribution in [3.8, 4) is 5.75 Å². The maximum absolute atomic E-state index is 14.4. The van der Waals surface area contributed by atoms with Gasteiger partial charge in [0.25, 0.3) is 0 Å². The molecule has 4 heterocycles. The second-order valence-corrected chi connectivity index (χ2v) is 14.3. The van der Waals surface area contributed by atoms with Crippen molar-refractivity contribution < 1.29 is 33.8 Å². The van der Waals surface area contributed by atoms with Gasteiger partial charge in [0.2, 0.25) is 23.6 Å². The number of aromatic nitrogens is 3. The Morgan fingerprint density at radius 2 is 1.72 bits per heavy atom. The maximum atomic E-state index is 14.4. The van der Waals surface area contributed by atoms with Gasteiger partial charge in [0.15, 0.2) is 0 Å². The third kappa shape index (κ3) is 8.68. The molecule has 7 rings (SSSR count). The first kappa shape index (κ1) is 37.9. The molecule has 4 aromatic rings. The van der Waals surface area contributed by atoms with Crippen LogP contribution in [0.1, 0.15) is 50.1 Å². The van der Waals surface area contributed by atoms with Crippen LogP contribution in [0.2, 0.25) is 0 Å². The zero-order chi connectivity index (χ0) is 38.5. The highest BCUT2D eigenvalue weighted by atomic mass is 16.5. The van der Waals surface area contributed by atoms with Crippen molar-refractivity contribution in [1.29, 1.82) is 0 Å². The van der Waals surface area contributed by atoms with Gasteiger partial charge in [0, 0.05) is 25.8 Å². The number of carbonyl (C=O) groups excluding carboxylic acids is 4. The Morgan fingerprint density at radius 3 is 2.43 bits per heavy atom. The first-order valence-electron chi connectivity index (χ1n) is 18.1. The number of ether oxygens (including phenoxy) is 1. The quantitative estimate of drug-likeness (QED) is 0.178. The summed E-state index contributed by atoms with van der Waals surface area (Å²) in [4.78, 5) is 69.7. The number of likely N-dealkylation sites (N-methyl/N-ethyl adjacent to an activating group) is 1. The van der Waals surface area contributed by atoms with E-state index in [0.717, 1.165) is 16.3 Å². The van der Waals surface area contributed by atoms with Crippen LogP contribution in [0.15, 0.2) is 72.9 Å². The van der Waals surface area contributed by atoms with Gasteiger partial charge in [0.05, 0.1) is 18.3 Å². The Bertz CT molecular complexity index is 2020. The Kier molecular flexibility index (Phi) is 11.6. The van der Waals surface area contributed by atoms with Crippen LogP contribution in [-0.4, -0.2) is 98.4 Å². The monoisotopic (exact) mass is 738 g/mol. The fourth-order valence-corrected chi connectivity index (χ4v) is 6.82. The number of carbonyl (C=O) groups is 5. The summed E-state index contributed by atoms with van der Waals surface area (Å²) in [6.45, 7) is 5.46. The molecule has 0 spiro atoms. The molecule has 1 saturated heterocycles. The second kappa shape index (κ2) is 16.5. The molecule has 284 valence electrons. The number of nitrogens with one attached hydrogen (secondary N) is 4. The minimum absolute atomic E-state index is 0.0205. The largest absolute Gasteiger partial charge is 0.487 e. The zero-order valence-electron chi connectivity index (χ0n) is 30.7. The number of carboxylic acid groups (broad SMARTS) is 1. The Morgan fingerprint density at radius 1 is 0.981 bits per heavy atom. The summed E-state index contributed by atoms with van der Waals surface area (Å²) in [5, 5.41) is 31.9. The molecular weight excluding hydrogens is 692 g/mol. The van der Waals surface area contributed by atoms with E-state index in [-0.39, 0.29) is 44.2 Å². The van der Waals surface area contributed by atoms with Crippen molar-refractivity contribution in [3.05, 3.63) is 89.7 Å². The molecule has 1 aromatic heterocycles. The number of amides is 4. The number of likely N-dealkylation sites (tertiary alicyclic amines) is 1. The highest BCUT2D eigenvalue weighted by Gasteiger charge is 2.45. The Labute approximate surface area is 312 Å². The fraction of sp³-hybridized carbons (Fsp3) is 0.410. The normalized spacial score (nSPS) is 21.6. The predicted molar refractivity (Wildman–Crippen MR) is 198 cm³/mol. The molecular formula is C39H46N8O7. The average molecular weight is 739 g/mol. The van der Waals surface area contributed by atoms with Gasteiger partial charge in [0.1, 0.15) is 42.2 Å². The molecule has 15 nitrogen and oxygen atoms in total. The van der Waals surface area contributed by atoms with Crippen molar-refractivity contribution in [2.75, 3.05) is 13.6 Å². The molecule has 0 unspecified atom stereocenters. The van der Waals surface area contributed by atoms with Gasteiger partial charge in [-0.15, -0.1) is 5.10 Å². The molecule has 1 fully saturated rings. The lowest BCUT2D eigenvalue weighted by molar-refractivity contribution is -0.144. The topological polar surface area (TPSA) is 197 Å². The van der Waals surface area contributed by atoms with Crippen LogP contribution in [0.3, 0.4) is 0 Å². The van der Waals surface area contributed by atoms with Crippen molar-refractivity contribution in [2.45, 2.75) is 82.9 Å². The molecule has 5 N–H and O–H groups in total. The molecule has 3 aromatic carbocycles. The number of hydrogen-bond acceptors (Lipinski definition) is 9. The number of benzene rings is 3. The van der Waals surface area contributed by atoms with E-state index in [9.17, 15) is 29.1 Å². The van der Waals surface area contributed by atoms with E-state index in [0.29, 0.717) is 17.0 Å². The molecule has 15 heteroatoms. The van der Waals surface area contributed by atoms with E-state index >= 15 is 0 Å². The molecule has 0 aliphatic carbocycles. The van der Waals surface area contributed by atoms with E-state index in [1.165, 1.54) is 4.90 Å². The molecule has 54 heavy (non-hydrogen) atoms. The molecule has 0 saturated carbocycles. The SMILES string of the molecule is CN[C@@H](C)C(=O)N[C@H](C(=O)N1C[C@@H]2C[C@H]1C(=O)N[C@@H](Cc1ccc3ccccc3c1)C(=O)N[C@H](C(=O)O)Cc1ccc(cc1)OCc1cn2nn1)C(C)C. The molecule has 3 aliphatic rings. The first-order valence-corrected chi connectivity index (χ1v) is 18.1. The summed E-state index contributed by atoms with van der Waals surface area (Å²) in [6.07, 6.45) is 1.87. The fourth-order valence-electron chi connectivity index (χ4n) is 6.82. The lowest BCUT2D eigenvalue weighted by Crippen LogP contribution is -2.59. The molecule has 6 atom stereocenters. The van der Waals surface area contributed by atoms with E-state index in [4.69, 9.17) is 4.74 Å². The van der Waals surface area contributed by atoms with Gasteiger partial charge in [-0.2, -0.15) is 0 Å². The molecule has 0 radical (unpaired) electrons. The summed E-state index contributed by atoms with van der Waals surface area (Å²) < 4.78 is 7.52. The number of carboxylic acids is 1. The van der Waals surface area contributed by atoms with Crippen LogP contribution in [0.5, 0.6) is 5.75 Å². The highest BCUT2D eigenvalue weighted by molar-refractivity contribution is 5.96. The maximum Gasteiger partial charge on any atom is 0.326 e. The van der Waals surface area contributed by atoms with E-state index in [1.54, 1.807) is 49.1 Å². The summed E-state index contributed by atoms with van der Waals surface area (Å²) in [6, 6.07) is 14.8. The highest BCUT2D eigenvalue weighted by Crippen LogP contribution is 2.29. The van der Waals surface area contributed by atoms with Crippen LogP contribution in [-0.2, 0) is 43.4 Å². The number of aliphatic carboxylic acids is 1. The summed E-state index contributed by atoms with van der Waals surface area (Å²) >= 11 is 0. The Balaban J connectivity index is 1.37. The number of hydrogen-bond donors (Lipinski definition) is 5. The van der Waals surface area contributed by atoms with E-state index in [2.05, 4.69) is 31.6 Å². The zero-order valence-corrected chi connectivity index (χ0v) is 30.7. The van der Waals surface area contributed by atoms with Gasteiger partial charge >= 0.3 is 5.97 Å². The van der Waals surface area contributed by atoms with Crippen molar-refractivity contribution in [2.24, 2.45) is 5.92 Å². The van der Waals surface area contributed by atoms with Gasteiger partial charge in [-0.05, 0) is 53.9 Å². The van der Waals surface area contributed by atoms with Crippen LogP contribution in [0.25, 0.3) is 10.8 Å². The van der Waals surface area contributed by atoms with E-state index in [1.807, 2.05) is 56.3 Å². The first-order chi connectivity index (χ1) is 25.9. The van der Waals surface area contributed by atoms with Crippen molar-refractivity contribution in [1.82, 2.24) is 41.2 Å². The number of fused-ring (bicyclic) bond motifs is 10. The molecule has 4 amide bonds. The number of rotatable bonds is 8. The standard InChI is InChI=1S/C39H46N8O7/c1-22(2)34(43-35(48)23(3)40-4)38(51)46-20-29-18-33(46)37(50)41-31(17-25-9-12-26-7-5-6-8-27(26)15-25)36(49)42-32(39(52)53)16-24-10-13-30(14-11-24)54-21-28-19-47(29)45-44-28/h5-15,19,22-23,29,31-34,40H,16-18,20-21H2,1-4H3,(H,41,50)(H,42,49)(H,43,48)(H,52,53)/t23-,29-,31-,32-,33-,34-/m0/s1. The smallest absolute Gasteiger partial charge is 0.326 e. The van der Waals surface area contributed by atoms with Crippen LogP contribution < -0.4 is 26.0 Å². The Hall–Kier alpha value is -5.83. The van der Waals surface area contributed by atoms with Crippen LogP contribution >= 0.6 is 0 Å². The van der Waals surface area contributed by atoms with E-state index < -0.39 is 59.9 Å². The summed E-state index contributed by atoms with van der Waals surface area (Å²) in [5.74, 6) is -3.16. The minimum Gasteiger partial charge on any atom is -0.487 e. The van der Waals surface area contributed by atoms with Crippen molar-refractivity contribution in [3.63, 3.8) is 0 Å². The van der Waals surface area contributed by atoms with Crippen LogP contribution in [0, 0.1) is 5.92 Å². The summed E-state index contributed by atoms with van der Waals surface area (Å²) in [7, 11) is 1.64. The molecule has 3 aliphatic heterocycles. The second-order valence-electron chi connectivity index (χ2n) is 14.3. The summed E-state index contributed by atoms with van der Waals surface area (Å²) in [5.41, 5.74) is 1.91. The van der Waals surface area contributed by atoms with Gasteiger partial charge in [-0.1, -0.05) is 73.7 Å². The van der Waals surface area contributed by atoms with Gasteiger partial charge < -0.3 is 36.0 Å². The average Bonchev–Trinajstić information content (AvgIpc) is 3.83. The van der Waals surface area contributed by atoms with Crippen LogP contribution in [0.4, 0.5) is 0 Å². The third-order valence-electron chi connectivity index (χ3n) is 10.1. The van der Waals surface area contributed by atoms with Gasteiger partial charge in [-0.25, -0.2) is 9.48 Å². The lowest BCUT2D eigenvalue weighted by atomic mass is 9.99. The predicted octanol–water partition coefficient (Wildman–Crippen LogP) is 1.75. The van der Waals surface area contributed by atoms with Gasteiger partial charge in [-0.3, -0.25) is 19.2 Å². The minimum atomic E-state index is -1.30. The molecule has 6 bridgehead atoms. The van der Waals surface area contributed by atoms with Crippen molar-refractivity contribution >= 4 is 40.4 Å². The third-order valence-corrected chi connectivity index (χ3v) is 10.1.